The van der Waals surface area contributed by atoms with Gasteiger partial charge in [-0.1, -0.05) is 12.1 Å². The number of nitrogens with one attached hydrogen (secondary N) is 3. The summed E-state index contributed by atoms with van der Waals surface area (Å²) in [7, 11) is 3.09. The first-order valence-corrected chi connectivity index (χ1v) is 8.52. The Morgan fingerprint density at radius 3 is 2.61 bits per heavy atom. The molecule has 9 nitrogen and oxygen atoms in total. The number of urea groups is 1. The Kier molecular flexibility index (Phi) is 5.64. The molecule has 0 radical (unpaired) electrons. The number of methoxy groups -OCH3 is 2. The fourth-order valence-electron chi connectivity index (χ4n) is 2.78. The highest BCUT2D eigenvalue weighted by Crippen LogP contribution is 2.27. The zero-order valence-electron chi connectivity index (χ0n) is 15.8. The Bertz CT molecular complexity index is 1010. The first-order chi connectivity index (χ1) is 13.5. The predicted molar refractivity (Wildman–Crippen MR) is 102 cm³/mol. The summed E-state index contributed by atoms with van der Waals surface area (Å²) in [6, 6.07) is 10.2. The van der Waals surface area contributed by atoms with Gasteiger partial charge in [0.2, 0.25) is 0 Å². The van der Waals surface area contributed by atoms with E-state index in [0.717, 1.165) is 5.56 Å². The van der Waals surface area contributed by atoms with Gasteiger partial charge in [-0.15, -0.1) is 0 Å². The molecule has 0 aliphatic heterocycles. The van der Waals surface area contributed by atoms with E-state index < -0.39 is 11.9 Å². The summed E-state index contributed by atoms with van der Waals surface area (Å²) in [5.74, 6) is 0.711. The lowest BCUT2D eigenvalue weighted by atomic mass is 10.2. The molecule has 0 fully saturated rings. The number of pyridine rings is 1. The third kappa shape index (κ3) is 3.98. The molecule has 2 heterocycles. The molecule has 9 heteroatoms. The van der Waals surface area contributed by atoms with Crippen molar-refractivity contribution in [3.05, 3.63) is 59.5 Å². The number of benzene rings is 1. The van der Waals surface area contributed by atoms with Gasteiger partial charge in [-0.3, -0.25) is 14.6 Å². The Hall–Kier alpha value is -3.75. The van der Waals surface area contributed by atoms with Gasteiger partial charge < -0.3 is 14.8 Å². The molecular weight excluding hydrogens is 362 g/mol. The molecule has 146 valence electrons. The van der Waals surface area contributed by atoms with E-state index in [2.05, 4.69) is 21.2 Å². The minimum absolute atomic E-state index is 0.247. The van der Waals surface area contributed by atoms with E-state index >= 15 is 0 Å². The van der Waals surface area contributed by atoms with E-state index in [1.165, 1.54) is 0 Å². The van der Waals surface area contributed by atoms with Crippen molar-refractivity contribution >= 4 is 17.6 Å². The maximum atomic E-state index is 12.4. The van der Waals surface area contributed by atoms with Crippen LogP contribution in [0.4, 0.5) is 4.79 Å². The van der Waals surface area contributed by atoms with Gasteiger partial charge in [-0.25, -0.2) is 15.2 Å². The summed E-state index contributed by atoms with van der Waals surface area (Å²) < 4.78 is 12.1. The lowest BCUT2D eigenvalue weighted by Crippen LogP contribution is -2.47. The molecule has 0 aliphatic rings. The van der Waals surface area contributed by atoms with Crippen LogP contribution in [0.5, 0.6) is 11.5 Å². The average molecular weight is 383 g/mol. The Morgan fingerprint density at radius 1 is 1.07 bits per heavy atom. The minimum atomic E-state index is -0.547. The first-order valence-electron chi connectivity index (χ1n) is 8.52. The largest absolute Gasteiger partial charge is 0.493 e. The molecule has 3 aromatic rings. The van der Waals surface area contributed by atoms with Crippen molar-refractivity contribution in [3.63, 3.8) is 0 Å². The van der Waals surface area contributed by atoms with Crippen LogP contribution < -0.4 is 25.6 Å². The summed E-state index contributed by atoms with van der Waals surface area (Å²) in [5.41, 5.74) is 7.12. The van der Waals surface area contributed by atoms with Gasteiger partial charge in [0.05, 0.1) is 19.9 Å². The number of carbonyl (C=O) groups is 2. The lowest BCUT2D eigenvalue weighted by molar-refractivity contribution is 0.0929. The van der Waals surface area contributed by atoms with Gasteiger partial charge in [0.15, 0.2) is 11.5 Å². The lowest BCUT2D eigenvalue weighted by Gasteiger charge is -2.11. The van der Waals surface area contributed by atoms with Crippen molar-refractivity contribution in [2.24, 2.45) is 0 Å². The van der Waals surface area contributed by atoms with E-state index in [9.17, 15) is 9.59 Å². The predicted octanol–water partition coefficient (Wildman–Crippen LogP) is 1.80. The van der Waals surface area contributed by atoms with Crippen LogP contribution in [0.15, 0.2) is 42.6 Å². The van der Waals surface area contributed by atoms with Gasteiger partial charge in [0.25, 0.3) is 5.91 Å². The normalized spacial score (nSPS) is 10.4. The summed E-state index contributed by atoms with van der Waals surface area (Å²) in [6.07, 6.45) is 1.74. The molecule has 0 unspecified atom stereocenters. The number of fused-ring (bicyclic) bond motifs is 1. The quantitative estimate of drug-likeness (QED) is 0.583. The number of aryl methyl sites for hydroxylation is 1. The molecule has 28 heavy (non-hydrogen) atoms. The van der Waals surface area contributed by atoms with Crippen molar-refractivity contribution in [2.75, 3.05) is 14.2 Å². The second kappa shape index (κ2) is 8.30. The fraction of sp³-hybridized carbons (Fsp3) is 0.211. The Balaban J connectivity index is 1.57. The number of rotatable bonds is 5. The maximum Gasteiger partial charge on any atom is 0.333 e. The standard InChI is InChI=1S/C19H21N5O4/c1-12-17(24-9-5-4-6-16(24)21-12)18(25)22-23-19(26)20-11-13-7-8-14(27-2)15(10-13)28-3/h4-10H,11H2,1-3H3,(H,22,25)(H2,20,23,26). The SMILES string of the molecule is COc1ccc(CNC(=O)NNC(=O)c2c(C)nc3ccccn23)cc1OC. The number of imidazole rings is 1. The number of hydrogen-bond donors (Lipinski definition) is 3. The molecule has 3 rings (SSSR count). The van der Waals surface area contributed by atoms with Gasteiger partial charge in [-0.2, -0.15) is 0 Å². The van der Waals surface area contributed by atoms with Crippen LogP contribution in [0.1, 0.15) is 21.7 Å². The third-order valence-corrected chi connectivity index (χ3v) is 4.11. The fourth-order valence-corrected chi connectivity index (χ4v) is 2.78. The van der Waals surface area contributed by atoms with Crippen molar-refractivity contribution in [1.82, 2.24) is 25.6 Å². The van der Waals surface area contributed by atoms with Gasteiger partial charge >= 0.3 is 6.03 Å². The topological polar surface area (TPSA) is 106 Å². The highest BCUT2D eigenvalue weighted by atomic mass is 16.5. The van der Waals surface area contributed by atoms with Gasteiger partial charge in [0, 0.05) is 12.7 Å². The molecular formula is C19H21N5O4. The summed E-state index contributed by atoms with van der Waals surface area (Å²) in [6.45, 7) is 1.98. The highest BCUT2D eigenvalue weighted by Gasteiger charge is 2.16. The third-order valence-electron chi connectivity index (χ3n) is 4.11. The molecule has 0 aliphatic carbocycles. The smallest absolute Gasteiger partial charge is 0.333 e. The monoisotopic (exact) mass is 383 g/mol. The second-order valence-electron chi connectivity index (χ2n) is 5.93. The molecule has 0 saturated heterocycles. The molecule has 1 aromatic carbocycles. The van der Waals surface area contributed by atoms with Crippen LogP contribution in [0.3, 0.4) is 0 Å². The van der Waals surface area contributed by atoms with E-state index in [1.807, 2.05) is 12.1 Å². The molecule has 3 amide bonds. The first kappa shape index (κ1) is 19.0. The maximum absolute atomic E-state index is 12.4. The summed E-state index contributed by atoms with van der Waals surface area (Å²) in [4.78, 5) is 28.7. The van der Waals surface area contributed by atoms with Crippen LogP contribution >= 0.6 is 0 Å². The van der Waals surface area contributed by atoms with Crippen LogP contribution in [0.25, 0.3) is 5.65 Å². The number of ether oxygens (including phenoxy) is 2. The van der Waals surface area contributed by atoms with E-state index in [4.69, 9.17) is 9.47 Å². The van der Waals surface area contributed by atoms with E-state index in [1.54, 1.807) is 56.0 Å². The molecule has 2 aromatic heterocycles. The van der Waals surface area contributed by atoms with Crippen molar-refractivity contribution < 1.29 is 19.1 Å². The minimum Gasteiger partial charge on any atom is -0.493 e. The van der Waals surface area contributed by atoms with Crippen molar-refractivity contribution in [2.45, 2.75) is 13.5 Å². The average Bonchev–Trinajstić information content (AvgIpc) is 3.05. The van der Waals surface area contributed by atoms with Crippen LogP contribution in [-0.4, -0.2) is 35.5 Å². The highest BCUT2D eigenvalue weighted by molar-refractivity contribution is 5.95. The second-order valence-corrected chi connectivity index (χ2v) is 5.93. The van der Waals surface area contributed by atoms with Crippen LogP contribution in [-0.2, 0) is 6.54 Å². The van der Waals surface area contributed by atoms with Crippen molar-refractivity contribution in [3.8, 4) is 11.5 Å². The zero-order valence-corrected chi connectivity index (χ0v) is 15.8. The molecule has 0 saturated carbocycles. The number of amides is 3. The summed E-state index contributed by atoms with van der Waals surface area (Å²) >= 11 is 0. The van der Waals surface area contributed by atoms with E-state index in [0.29, 0.717) is 28.5 Å². The zero-order chi connectivity index (χ0) is 20.1. The number of hydrazine groups is 1. The van der Waals surface area contributed by atoms with E-state index in [-0.39, 0.29) is 6.54 Å². The molecule has 0 atom stereocenters. The molecule has 3 N–H and O–H groups in total. The van der Waals surface area contributed by atoms with Crippen molar-refractivity contribution in [1.29, 1.82) is 0 Å². The van der Waals surface area contributed by atoms with Gasteiger partial charge in [-0.05, 0) is 36.8 Å². The number of nitrogens with zero attached hydrogens (tertiary/aromatic N) is 2. The van der Waals surface area contributed by atoms with Gasteiger partial charge in [0.1, 0.15) is 11.3 Å². The number of aromatic nitrogens is 2. The Morgan fingerprint density at radius 2 is 1.86 bits per heavy atom. The van der Waals surface area contributed by atoms with Crippen LogP contribution in [0, 0.1) is 6.92 Å². The number of carbonyl (C=O) groups excluding carboxylic acids is 2. The van der Waals surface area contributed by atoms with Crippen LogP contribution in [0.2, 0.25) is 0 Å². The Labute approximate surface area is 161 Å². The summed E-state index contributed by atoms with van der Waals surface area (Å²) in [5, 5.41) is 2.66. The molecule has 0 bridgehead atoms. The molecule has 0 spiro atoms. The number of hydrogen-bond acceptors (Lipinski definition) is 5.